The molecule has 2 aliphatic rings. The smallest absolute Gasteiger partial charge is 0.142 e. The van der Waals surface area contributed by atoms with Crippen LogP contribution in [0.5, 0.6) is 0 Å². The number of anilines is 2. The second-order valence-corrected chi connectivity index (χ2v) is 4.78. The third kappa shape index (κ3) is 2.35. The molecule has 0 spiro atoms. The molecule has 5 nitrogen and oxygen atoms in total. The Morgan fingerprint density at radius 1 is 1.18 bits per heavy atom. The maximum absolute atomic E-state index is 5.38. The molecule has 0 bridgehead atoms. The summed E-state index contributed by atoms with van der Waals surface area (Å²) in [4.78, 5) is 9.40. The molecule has 0 aromatic carbocycles. The van der Waals surface area contributed by atoms with Crippen molar-refractivity contribution in [3.63, 3.8) is 0 Å². The van der Waals surface area contributed by atoms with Gasteiger partial charge in [0.2, 0.25) is 0 Å². The van der Waals surface area contributed by atoms with Crippen molar-refractivity contribution in [2.75, 3.05) is 36.5 Å². The molecule has 0 radical (unpaired) electrons. The van der Waals surface area contributed by atoms with Crippen LogP contribution in [0.2, 0.25) is 0 Å². The summed E-state index contributed by atoms with van der Waals surface area (Å²) in [5.41, 5.74) is 2.60. The first-order valence-electron chi connectivity index (χ1n) is 6.29. The van der Waals surface area contributed by atoms with Crippen LogP contribution < -0.4 is 16.2 Å². The summed E-state index contributed by atoms with van der Waals surface area (Å²) < 4.78 is 0. The number of aromatic nitrogens is 1. The lowest BCUT2D eigenvalue weighted by Gasteiger charge is -2.35. The summed E-state index contributed by atoms with van der Waals surface area (Å²) in [6.45, 7) is 4.45. The molecule has 92 valence electrons. The summed E-state index contributed by atoms with van der Waals surface area (Å²) in [5, 5.41) is 0. The van der Waals surface area contributed by atoms with Crippen molar-refractivity contribution in [2.45, 2.75) is 18.9 Å². The Kier molecular flexibility index (Phi) is 2.86. The molecular weight excluding hydrogens is 214 g/mol. The highest BCUT2D eigenvalue weighted by Crippen LogP contribution is 2.28. The van der Waals surface area contributed by atoms with E-state index in [1.165, 1.54) is 12.8 Å². The molecule has 17 heavy (non-hydrogen) atoms. The first-order chi connectivity index (χ1) is 8.36. The number of hydrogen-bond donors (Lipinski definition) is 2. The van der Waals surface area contributed by atoms with Crippen LogP contribution in [0.3, 0.4) is 0 Å². The highest BCUT2D eigenvalue weighted by molar-refractivity contribution is 5.46. The molecule has 1 saturated heterocycles. The highest BCUT2D eigenvalue weighted by atomic mass is 15.3. The van der Waals surface area contributed by atoms with Gasteiger partial charge in [0.25, 0.3) is 0 Å². The van der Waals surface area contributed by atoms with Crippen LogP contribution in [0.1, 0.15) is 12.8 Å². The maximum atomic E-state index is 5.38. The minimum absolute atomic E-state index is 0.729. The number of nitrogen functional groups attached to an aromatic ring is 1. The summed E-state index contributed by atoms with van der Waals surface area (Å²) in [6.07, 6.45) is 2.79. The van der Waals surface area contributed by atoms with Crippen molar-refractivity contribution in [3.8, 4) is 0 Å². The summed E-state index contributed by atoms with van der Waals surface area (Å²) in [5.74, 6) is 7.13. The van der Waals surface area contributed by atoms with Crippen LogP contribution in [0.25, 0.3) is 0 Å². The van der Waals surface area contributed by atoms with E-state index in [0.717, 1.165) is 43.9 Å². The quantitative estimate of drug-likeness (QED) is 0.593. The highest BCUT2D eigenvalue weighted by Gasteiger charge is 2.31. The monoisotopic (exact) mass is 233 g/mol. The number of nitrogens with two attached hydrogens (primary N) is 1. The predicted octanol–water partition coefficient (Wildman–Crippen LogP) is 0.652. The first kappa shape index (κ1) is 10.8. The first-order valence-corrected chi connectivity index (χ1v) is 6.29. The molecule has 3 N–H and O–H groups in total. The van der Waals surface area contributed by atoms with E-state index in [9.17, 15) is 0 Å². The Hall–Kier alpha value is -1.33. The fourth-order valence-electron chi connectivity index (χ4n) is 2.44. The molecule has 2 fully saturated rings. The van der Waals surface area contributed by atoms with Crippen LogP contribution >= 0.6 is 0 Å². The average molecular weight is 233 g/mol. The average Bonchev–Trinajstić information content (AvgIpc) is 3.23. The molecule has 3 rings (SSSR count). The molecule has 1 aromatic heterocycles. The van der Waals surface area contributed by atoms with Crippen LogP contribution in [0.4, 0.5) is 11.6 Å². The van der Waals surface area contributed by atoms with Gasteiger partial charge in [-0.15, -0.1) is 0 Å². The normalized spacial score (nSPS) is 21.6. The number of hydrazine groups is 1. The molecular formula is C12H19N5. The number of rotatable bonds is 3. The molecule has 0 atom stereocenters. The zero-order valence-corrected chi connectivity index (χ0v) is 9.97. The van der Waals surface area contributed by atoms with Gasteiger partial charge in [0.05, 0.1) is 0 Å². The minimum Gasteiger partial charge on any atom is -0.354 e. The lowest BCUT2D eigenvalue weighted by Crippen LogP contribution is -2.47. The van der Waals surface area contributed by atoms with Crippen molar-refractivity contribution < 1.29 is 0 Å². The molecule has 1 aliphatic carbocycles. The van der Waals surface area contributed by atoms with Crippen molar-refractivity contribution in [2.24, 2.45) is 5.84 Å². The zero-order chi connectivity index (χ0) is 11.7. The molecule has 0 unspecified atom stereocenters. The number of nitrogens with zero attached hydrogens (tertiary/aromatic N) is 3. The van der Waals surface area contributed by atoms with Crippen molar-refractivity contribution in [1.29, 1.82) is 0 Å². The van der Waals surface area contributed by atoms with Crippen LogP contribution in [-0.2, 0) is 0 Å². The van der Waals surface area contributed by atoms with Gasteiger partial charge in [-0.25, -0.2) is 10.8 Å². The molecule has 1 saturated carbocycles. The Morgan fingerprint density at radius 3 is 2.59 bits per heavy atom. The van der Waals surface area contributed by atoms with Gasteiger partial charge in [0.15, 0.2) is 0 Å². The Bertz CT molecular complexity index is 382. The number of hydrogen-bond acceptors (Lipinski definition) is 5. The van der Waals surface area contributed by atoms with E-state index >= 15 is 0 Å². The predicted molar refractivity (Wildman–Crippen MR) is 68.9 cm³/mol. The van der Waals surface area contributed by atoms with Gasteiger partial charge in [-0.2, -0.15) is 0 Å². The van der Waals surface area contributed by atoms with E-state index in [0.29, 0.717) is 0 Å². The number of pyridine rings is 1. The van der Waals surface area contributed by atoms with E-state index in [-0.39, 0.29) is 0 Å². The molecule has 5 heteroatoms. The number of nitrogens with one attached hydrogen (secondary N) is 1. The topological polar surface area (TPSA) is 57.4 Å². The molecule has 1 aliphatic heterocycles. The maximum Gasteiger partial charge on any atom is 0.142 e. The third-order valence-corrected chi connectivity index (χ3v) is 3.58. The van der Waals surface area contributed by atoms with E-state index in [2.05, 4.69) is 20.2 Å². The second-order valence-electron chi connectivity index (χ2n) is 4.78. The Morgan fingerprint density at radius 2 is 1.94 bits per heavy atom. The molecule has 0 amide bonds. The van der Waals surface area contributed by atoms with E-state index in [4.69, 9.17) is 5.84 Å². The summed E-state index contributed by atoms with van der Waals surface area (Å²) in [6, 6.07) is 6.80. The van der Waals surface area contributed by atoms with Crippen molar-refractivity contribution >= 4 is 11.6 Å². The van der Waals surface area contributed by atoms with Gasteiger partial charge >= 0.3 is 0 Å². The largest absolute Gasteiger partial charge is 0.354 e. The summed E-state index contributed by atoms with van der Waals surface area (Å²) in [7, 11) is 0. The lowest BCUT2D eigenvalue weighted by atomic mass is 10.3. The second kappa shape index (κ2) is 4.50. The van der Waals surface area contributed by atoms with E-state index in [1.807, 2.05) is 18.2 Å². The fourth-order valence-corrected chi connectivity index (χ4v) is 2.44. The van der Waals surface area contributed by atoms with Gasteiger partial charge < -0.3 is 10.3 Å². The lowest BCUT2D eigenvalue weighted by molar-refractivity contribution is 0.247. The van der Waals surface area contributed by atoms with Gasteiger partial charge in [-0.05, 0) is 25.0 Å². The van der Waals surface area contributed by atoms with Crippen molar-refractivity contribution in [1.82, 2.24) is 9.88 Å². The number of piperazine rings is 1. The van der Waals surface area contributed by atoms with Gasteiger partial charge in [0.1, 0.15) is 11.6 Å². The van der Waals surface area contributed by atoms with Crippen LogP contribution in [-0.4, -0.2) is 42.1 Å². The Labute approximate surface area is 102 Å². The van der Waals surface area contributed by atoms with Crippen molar-refractivity contribution in [3.05, 3.63) is 18.2 Å². The van der Waals surface area contributed by atoms with E-state index < -0.39 is 0 Å². The van der Waals surface area contributed by atoms with Gasteiger partial charge in [0, 0.05) is 32.2 Å². The minimum atomic E-state index is 0.729. The van der Waals surface area contributed by atoms with Crippen LogP contribution in [0.15, 0.2) is 18.2 Å². The van der Waals surface area contributed by atoms with E-state index in [1.54, 1.807) is 0 Å². The van der Waals surface area contributed by atoms with Gasteiger partial charge in [-0.1, -0.05) is 6.07 Å². The Balaban J connectivity index is 1.64. The summed E-state index contributed by atoms with van der Waals surface area (Å²) >= 11 is 0. The zero-order valence-electron chi connectivity index (χ0n) is 9.97. The molecule has 1 aromatic rings. The van der Waals surface area contributed by atoms with Crippen LogP contribution in [0, 0.1) is 0 Å². The van der Waals surface area contributed by atoms with Gasteiger partial charge in [-0.3, -0.25) is 4.90 Å². The molecule has 2 heterocycles. The SMILES string of the molecule is NNc1cccc(N2CCN(C3CC3)CC2)n1. The third-order valence-electron chi connectivity index (χ3n) is 3.58. The standard InChI is InChI=1S/C12H19N5/c13-15-11-2-1-3-12(14-11)17-8-6-16(7-9-17)10-4-5-10/h1-3,10H,4-9,13H2,(H,14,15). The fraction of sp³-hybridized carbons (Fsp3) is 0.583.